The van der Waals surface area contributed by atoms with E-state index in [0.29, 0.717) is 0 Å². The number of rotatable bonds is 4. The Morgan fingerprint density at radius 3 is 2.43 bits per heavy atom. The Balaban J connectivity index is 0.000000296. The predicted octanol–water partition coefficient (Wildman–Crippen LogP) is 7.41. The Hall–Kier alpha value is -2.78. The second kappa shape index (κ2) is 11.2. The Kier molecular flexibility index (Phi) is 8.57. The largest absolute Gasteiger partial charge is 0.391 e. The maximum absolute atomic E-state index is 5.30. The molecule has 0 unspecified atom stereocenters. The third-order valence-corrected chi connectivity index (χ3v) is 4.94. The molecule has 0 amide bonds. The SMILES string of the molecule is C=CCCc1cn(-c2cccc(C)c2)c2ccccc12.CC.Nc1cccs1. The molecule has 3 heteroatoms. The molecule has 4 rings (SSSR count). The van der Waals surface area contributed by atoms with E-state index in [0.717, 1.165) is 17.8 Å². The summed E-state index contributed by atoms with van der Waals surface area (Å²) >= 11 is 1.56. The van der Waals surface area contributed by atoms with Crippen molar-refractivity contribution in [3.63, 3.8) is 0 Å². The second-order valence-corrected chi connectivity index (χ2v) is 7.20. The van der Waals surface area contributed by atoms with Crippen molar-refractivity contribution in [2.45, 2.75) is 33.6 Å². The number of anilines is 1. The van der Waals surface area contributed by atoms with E-state index in [1.807, 2.05) is 37.4 Å². The molecule has 0 bridgehead atoms. The number of aryl methyl sites for hydroxylation is 2. The topological polar surface area (TPSA) is 30.9 Å². The van der Waals surface area contributed by atoms with E-state index in [9.17, 15) is 0 Å². The van der Waals surface area contributed by atoms with Gasteiger partial charge in [0, 0.05) is 17.3 Å². The average Bonchev–Trinajstić information content (AvgIpc) is 3.35. The van der Waals surface area contributed by atoms with E-state index in [2.05, 4.69) is 72.8 Å². The van der Waals surface area contributed by atoms with Crippen LogP contribution >= 0.6 is 11.3 Å². The number of nitrogens with two attached hydrogens (primary N) is 1. The second-order valence-electron chi connectivity index (χ2n) is 6.22. The molecule has 0 saturated carbocycles. The van der Waals surface area contributed by atoms with Gasteiger partial charge in [-0.2, -0.15) is 0 Å². The van der Waals surface area contributed by atoms with Crippen LogP contribution < -0.4 is 5.73 Å². The van der Waals surface area contributed by atoms with Crippen molar-refractivity contribution in [2.24, 2.45) is 0 Å². The fourth-order valence-electron chi connectivity index (χ4n) is 2.99. The van der Waals surface area contributed by atoms with Crippen LogP contribution in [0.2, 0.25) is 0 Å². The number of benzene rings is 2. The lowest BCUT2D eigenvalue weighted by Crippen LogP contribution is -1.91. The van der Waals surface area contributed by atoms with Gasteiger partial charge in [0.2, 0.25) is 0 Å². The predicted molar refractivity (Wildman–Crippen MR) is 127 cm³/mol. The lowest BCUT2D eigenvalue weighted by atomic mass is 10.1. The summed E-state index contributed by atoms with van der Waals surface area (Å²) in [4.78, 5) is 0. The molecule has 2 heterocycles. The van der Waals surface area contributed by atoms with Crippen LogP contribution in [0, 0.1) is 6.92 Å². The highest BCUT2D eigenvalue weighted by molar-refractivity contribution is 7.13. The number of thiophene rings is 1. The molecule has 0 spiro atoms. The summed E-state index contributed by atoms with van der Waals surface area (Å²) in [6.07, 6.45) is 6.31. The van der Waals surface area contributed by atoms with Crippen LogP contribution in [0.15, 0.2) is 84.9 Å². The molecule has 2 aromatic carbocycles. The van der Waals surface area contributed by atoms with E-state index in [-0.39, 0.29) is 0 Å². The number of hydrogen-bond donors (Lipinski definition) is 1. The Bertz CT molecular complexity index is 981. The van der Waals surface area contributed by atoms with E-state index in [4.69, 9.17) is 5.73 Å². The molecule has 0 aliphatic heterocycles. The van der Waals surface area contributed by atoms with Crippen LogP contribution in [0.1, 0.15) is 31.4 Å². The molecular weight excluding hydrogens is 360 g/mol. The van der Waals surface area contributed by atoms with Gasteiger partial charge in [-0.3, -0.25) is 0 Å². The first-order chi connectivity index (χ1) is 13.7. The first-order valence-corrected chi connectivity index (χ1v) is 10.6. The quantitative estimate of drug-likeness (QED) is 0.361. The van der Waals surface area contributed by atoms with Crippen LogP contribution in [0.5, 0.6) is 0 Å². The summed E-state index contributed by atoms with van der Waals surface area (Å²) in [5.74, 6) is 0. The van der Waals surface area contributed by atoms with Crippen LogP contribution in [0.3, 0.4) is 0 Å². The molecule has 146 valence electrons. The zero-order chi connectivity index (χ0) is 20.4. The van der Waals surface area contributed by atoms with Gasteiger partial charge in [0.15, 0.2) is 0 Å². The highest BCUT2D eigenvalue weighted by Crippen LogP contribution is 2.26. The number of para-hydroxylation sites is 1. The summed E-state index contributed by atoms with van der Waals surface area (Å²) in [7, 11) is 0. The van der Waals surface area contributed by atoms with Crippen molar-refractivity contribution in [3.8, 4) is 5.69 Å². The van der Waals surface area contributed by atoms with Gasteiger partial charge in [-0.15, -0.1) is 17.9 Å². The molecule has 0 fully saturated rings. The smallest absolute Gasteiger partial charge is 0.0856 e. The molecule has 2 nitrogen and oxygen atoms in total. The van der Waals surface area contributed by atoms with Crippen molar-refractivity contribution in [1.29, 1.82) is 0 Å². The summed E-state index contributed by atoms with van der Waals surface area (Å²) in [6.45, 7) is 9.96. The van der Waals surface area contributed by atoms with E-state index < -0.39 is 0 Å². The zero-order valence-electron chi connectivity index (χ0n) is 17.1. The lowest BCUT2D eigenvalue weighted by molar-refractivity contribution is 0.998. The molecule has 2 N–H and O–H groups in total. The minimum Gasteiger partial charge on any atom is -0.391 e. The minimum absolute atomic E-state index is 0.884. The number of nitrogen functional groups attached to an aromatic ring is 1. The fraction of sp³-hybridized carbons (Fsp3) is 0.200. The van der Waals surface area contributed by atoms with E-state index in [1.165, 1.54) is 27.7 Å². The summed E-state index contributed by atoms with van der Waals surface area (Å²) in [6, 6.07) is 21.1. The Labute approximate surface area is 173 Å². The standard InChI is InChI=1S/C19H19N.C4H5NS.C2H6/c1-3-4-9-16-14-20(17-10-7-8-15(2)13-17)19-12-6-5-11-18(16)19;5-4-2-1-3-6-4;1-2/h3,5-8,10-14H,1,4,9H2,2H3;1-3H,5H2;1-2H3. The molecule has 0 radical (unpaired) electrons. The Morgan fingerprint density at radius 1 is 1.04 bits per heavy atom. The number of allylic oxidation sites excluding steroid dienone is 1. The highest BCUT2D eigenvalue weighted by atomic mass is 32.1. The molecule has 0 aliphatic rings. The first kappa shape index (κ1) is 21.5. The van der Waals surface area contributed by atoms with Crippen molar-refractivity contribution in [2.75, 3.05) is 5.73 Å². The summed E-state index contributed by atoms with van der Waals surface area (Å²) in [5.41, 5.74) is 10.5. The number of fused-ring (bicyclic) bond motifs is 1. The van der Waals surface area contributed by atoms with E-state index >= 15 is 0 Å². The first-order valence-electron chi connectivity index (χ1n) is 9.75. The van der Waals surface area contributed by atoms with Crippen LogP contribution in [-0.4, -0.2) is 4.57 Å². The molecule has 0 aliphatic carbocycles. The third kappa shape index (κ3) is 5.61. The maximum atomic E-state index is 5.30. The number of nitrogens with zero attached hydrogens (tertiary/aromatic N) is 1. The van der Waals surface area contributed by atoms with E-state index in [1.54, 1.807) is 11.3 Å². The number of hydrogen-bond acceptors (Lipinski definition) is 2. The molecule has 4 aromatic rings. The summed E-state index contributed by atoms with van der Waals surface area (Å²) < 4.78 is 2.29. The summed E-state index contributed by atoms with van der Waals surface area (Å²) in [5, 5.41) is 4.18. The monoisotopic (exact) mass is 390 g/mol. The maximum Gasteiger partial charge on any atom is 0.0856 e. The molecule has 0 atom stereocenters. The third-order valence-electron chi connectivity index (χ3n) is 4.24. The van der Waals surface area contributed by atoms with Gasteiger partial charge >= 0.3 is 0 Å². The van der Waals surface area contributed by atoms with Crippen molar-refractivity contribution >= 4 is 27.2 Å². The molecule has 0 saturated heterocycles. The van der Waals surface area contributed by atoms with Gasteiger partial charge < -0.3 is 10.3 Å². The normalized spacial score (nSPS) is 9.82. The molecule has 2 aromatic heterocycles. The van der Waals surface area contributed by atoms with Crippen LogP contribution in [0.25, 0.3) is 16.6 Å². The van der Waals surface area contributed by atoms with Gasteiger partial charge in [0.25, 0.3) is 0 Å². The van der Waals surface area contributed by atoms with Crippen LogP contribution in [0.4, 0.5) is 5.00 Å². The van der Waals surface area contributed by atoms with Gasteiger partial charge in [0.05, 0.1) is 10.5 Å². The minimum atomic E-state index is 0.884. The van der Waals surface area contributed by atoms with Crippen molar-refractivity contribution in [1.82, 2.24) is 4.57 Å². The number of aromatic nitrogens is 1. The van der Waals surface area contributed by atoms with Gasteiger partial charge in [-0.05, 0) is 66.6 Å². The van der Waals surface area contributed by atoms with Crippen molar-refractivity contribution < 1.29 is 0 Å². The average molecular weight is 391 g/mol. The van der Waals surface area contributed by atoms with Gasteiger partial charge in [0.1, 0.15) is 0 Å². The lowest BCUT2D eigenvalue weighted by Gasteiger charge is -2.06. The Morgan fingerprint density at radius 2 is 1.82 bits per heavy atom. The molecule has 28 heavy (non-hydrogen) atoms. The molecular formula is C25H30N2S. The van der Waals surface area contributed by atoms with Crippen LogP contribution in [-0.2, 0) is 6.42 Å². The fourth-order valence-corrected chi connectivity index (χ4v) is 3.46. The zero-order valence-corrected chi connectivity index (χ0v) is 17.9. The van der Waals surface area contributed by atoms with Gasteiger partial charge in [-0.1, -0.05) is 50.3 Å². The highest BCUT2D eigenvalue weighted by Gasteiger charge is 2.08. The van der Waals surface area contributed by atoms with Gasteiger partial charge in [-0.25, -0.2) is 0 Å². The van der Waals surface area contributed by atoms with Crippen molar-refractivity contribution in [3.05, 3.63) is 96.0 Å².